The summed E-state index contributed by atoms with van der Waals surface area (Å²) in [5.74, 6) is 0.981. The van der Waals surface area contributed by atoms with Crippen LogP contribution in [0.15, 0.2) is 30.7 Å². The Labute approximate surface area is 124 Å². The Morgan fingerprint density at radius 2 is 2.19 bits per heavy atom. The van der Waals surface area contributed by atoms with Crippen LogP contribution in [0.3, 0.4) is 0 Å². The second-order valence-corrected chi connectivity index (χ2v) is 5.77. The number of ether oxygens (including phenoxy) is 1. The smallest absolute Gasteiger partial charge is 0.163 e. The van der Waals surface area contributed by atoms with Gasteiger partial charge in [0.1, 0.15) is 12.4 Å². The summed E-state index contributed by atoms with van der Waals surface area (Å²) < 4.78 is 7.93. The number of aryl methyl sites for hydroxylation is 1. The molecule has 0 spiro atoms. The number of imidazole rings is 1. The van der Waals surface area contributed by atoms with Crippen LogP contribution in [0, 0.1) is 0 Å². The number of aromatic nitrogens is 2. The van der Waals surface area contributed by atoms with Crippen LogP contribution < -0.4 is 4.74 Å². The van der Waals surface area contributed by atoms with Crippen LogP contribution in [0.1, 0.15) is 54.3 Å². The van der Waals surface area contributed by atoms with E-state index in [1.165, 1.54) is 0 Å². The van der Waals surface area contributed by atoms with Crippen LogP contribution in [0.25, 0.3) is 0 Å². The van der Waals surface area contributed by atoms with Crippen LogP contribution in [-0.4, -0.2) is 15.3 Å². The second-order valence-electron chi connectivity index (χ2n) is 5.77. The maximum Gasteiger partial charge on any atom is 0.163 e. The Kier molecular flexibility index (Phi) is 3.78. The molecular weight excluding hydrogens is 264 g/mol. The molecule has 0 N–H and O–H groups in total. The molecule has 1 aromatic carbocycles. The van der Waals surface area contributed by atoms with Crippen molar-refractivity contribution in [3.05, 3.63) is 47.5 Å². The Morgan fingerprint density at radius 3 is 3.00 bits per heavy atom. The SMILES string of the molecule is CC(C)n1cncc1COc1ccc2c(c1)C(=O)CCC2. The van der Waals surface area contributed by atoms with Crippen molar-refractivity contribution in [2.45, 2.75) is 45.8 Å². The number of carbonyl (C=O) groups excluding carboxylic acids is 1. The predicted molar refractivity (Wildman–Crippen MR) is 80.7 cm³/mol. The zero-order valence-corrected chi connectivity index (χ0v) is 12.5. The molecule has 21 heavy (non-hydrogen) atoms. The van der Waals surface area contributed by atoms with Crippen LogP contribution in [0.5, 0.6) is 5.75 Å². The van der Waals surface area contributed by atoms with Gasteiger partial charge in [0.15, 0.2) is 5.78 Å². The quantitative estimate of drug-likeness (QED) is 0.862. The highest BCUT2D eigenvalue weighted by Gasteiger charge is 2.17. The fourth-order valence-electron chi connectivity index (χ4n) is 2.76. The number of ketones is 1. The van der Waals surface area contributed by atoms with Gasteiger partial charge in [-0.05, 0) is 44.4 Å². The van der Waals surface area contributed by atoms with Crippen LogP contribution in [-0.2, 0) is 13.0 Å². The summed E-state index contributed by atoms with van der Waals surface area (Å²) in [6.45, 7) is 4.69. The largest absolute Gasteiger partial charge is 0.487 e. The van der Waals surface area contributed by atoms with Crippen molar-refractivity contribution < 1.29 is 9.53 Å². The summed E-state index contributed by atoms with van der Waals surface area (Å²) in [5, 5.41) is 0. The van der Waals surface area contributed by atoms with Gasteiger partial charge in [0, 0.05) is 18.0 Å². The molecule has 0 fully saturated rings. The van der Waals surface area contributed by atoms with E-state index < -0.39 is 0 Å². The Bertz CT molecular complexity index is 659. The van der Waals surface area contributed by atoms with Crippen LogP contribution in [0.2, 0.25) is 0 Å². The number of hydrogen-bond acceptors (Lipinski definition) is 3. The first-order valence-corrected chi connectivity index (χ1v) is 7.45. The molecule has 0 amide bonds. The predicted octanol–water partition coefficient (Wildman–Crippen LogP) is 3.56. The van der Waals surface area contributed by atoms with Crippen molar-refractivity contribution in [1.82, 2.24) is 9.55 Å². The van der Waals surface area contributed by atoms with Gasteiger partial charge in [0.25, 0.3) is 0 Å². The first kappa shape index (κ1) is 13.9. The van der Waals surface area contributed by atoms with Gasteiger partial charge >= 0.3 is 0 Å². The molecule has 4 nitrogen and oxygen atoms in total. The normalized spacial score (nSPS) is 14.3. The Hall–Kier alpha value is -2.10. The van der Waals surface area contributed by atoms with Crippen LogP contribution in [0.4, 0.5) is 0 Å². The summed E-state index contributed by atoms with van der Waals surface area (Å²) in [7, 11) is 0. The number of fused-ring (bicyclic) bond motifs is 1. The molecule has 4 heteroatoms. The van der Waals surface area contributed by atoms with Gasteiger partial charge in [-0.25, -0.2) is 4.98 Å². The first-order chi connectivity index (χ1) is 10.1. The highest BCUT2D eigenvalue weighted by atomic mass is 16.5. The summed E-state index contributed by atoms with van der Waals surface area (Å²) in [5.41, 5.74) is 3.01. The zero-order valence-electron chi connectivity index (χ0n) is 12.5. The lowest BCUT2D eigenvalue weighted by molar-refractivity contribution is 0.0972. The number of hydrogen-bond donors (Lipinski definition) is 0. The van der Waals surface area contributed by atoms with Crippen molar-refractivity contribution >= 4 is 5.78 Å². The topological polar surface area (TPSA) is 44.1 Å². The second kappa shape index (κ2) is 5.72. The Morgan fingerprint density at radius 1 is 1.33 bits per heavy atom. The van der Waals surface area contributed by atoms with Gasteiger partial charge in [-0.3, -0.25) is 4.79 Å². The third-order valence-corrected chi connectivity index (χ3v) is 3.92. The molecule has 1 aliphatic carbocycles. The lowest BCUT2D eigenvalue weighted by Crippen LogP contribution is -2.11. The maximum absolute atomic E-state index is 11.9. The van der Waals surface area contributed by atoms with Crippen molar-refractivity contribution in [3.63, 3.8) is 0 Å². The van der Waals surface area contributed by atoms with Crippen molar-refractivity contribution in [3.8, 4) is 5.75 Å². The summed E-state index contributed by atoms with van der Waals surface area (Å²) >= 11 is 0. The fraction of sp³-hybridized carbons (Fsp3) is 0.412. The average Bonchev–Trinajstić information content (AvgIpc) is 2.94. The van der Waals surface area contributed by atoms with Gasteiger partial charge in [0.05, 0.1) is 18.2 Å². The highest BCUT2D eigenvalue weighted by molar-refractivity contribution is 5.98. The van der Waals surface area contributed by atoms with E-state index in [1.807, 2.05) is 30.7 Å². The molecule has 0 radical (unpaired) electrons. The maximum atomic E-state index is 11.9. The minimum atomic E-state index is 0.230. The zero-order chi connectivity index (χ0) is 14.8. The summed E-state index contributed by atoms with van der Waals surface area (Å²) in [4.78, 5) is 16.1. The minimum absolute atomic E-state index is 0.230. The van der Waals surface area contributed by atoms with E-state index in [0.29, 0.717) is 19.1 Å². The minimum Gasteiger partial charge on any atom is -0.487 e. The van der Waals surface area contributed by atoms with Gasteiger partial charge in [-0.1, -0.05) is 6.07 Å². The van der Waals surface area contributed by atoms with E-state index in [4.69, 9.17) is 4.74 Å². The molecular formula is C17H20N2O2. The van der Waals surface area contributed by atoms with Crippen molar-refractivity contribution in [1.29, 1.82) is 0 Å². The van der Waals surface area contributed by atoms with E-state index in [2.05, 4.69) is 23.4 Å². The van der Waals surface area contributed by atoms with E-state index in [0.717, 1.165) is 35.4 Å². The van der Waals surface area contributed by atoms with Gasteiger partial charge < -0.3 is 9.30 Å². The number of nitrogens with zero attached hydrogens (tertiary/aromatic N) is 2. The molecule has 0 saturated carbocycles. The molecule has 1 aromatic heterocycles. The monoisotopic (exact) mass is 284 g/mol. The first-order valence-electron chi connectivity index (χ1n) is 7.45. The molecule has 110 valence electrons. The number of Topliss-reactive ketones (excluding diaryl/α,β-unsaturated/α-hetero) is 1. The van der Waals surface area contributed by atoms with Gasteiger partial charge in [-0.2, -0.15) is 0 Å². The lowest BCUT2D eigenvalue weighted by atomic mass is 9.90. The van der Waals surface area contributed by atoms with Crippen LogP contribution >= 0.6 is 0 Å². The van der Waals surface area contributed by atoms with E-state index in [-0.39, 0.29) is 5.78 Å². The molecule has 3 rings (SSSR count). The van der Waals surface area contributed by atoms with Gasteiger partial charge in [-0.15, -0.1) is 0 Å². The highest BCUT2D eigenvalue weighted by Crippen LogP contribution is 2.26. The molecule has 1 aliphatic rings. The van der Waals surface area contributed by atoms with Gasteiger partial charge in [0.2, 0.25) is 0 Å². The van der Waals surface area contributed by atoms with E-state index >= 15 is 0 Å². The third kappa shape index (κ3) is 2.84. The number of rotatable bonds is 4. The molecule has 0 saturated heterocycles. The van der Waals surface area contributed by atoms with Crippen molar-refractivity contribution in [2.75, 3.05) is 0 Å². The third-order valence-electron chi connectivity index (χ3n) is 3.92. The molecule has 0 aliphatic heterocycles. The van der Waals surface area contributed by atoms with Crippen molar-refractivity contribution in [2.24, 2.45) is 0 Å². The summed E-state index contributed by atoms with van der Waals surface area (Å²) in [6, 6.07) is 6.21. The number of benzene rings is 1. The molecule has 0 bridgehead atoms. The standard InChI is InChI=1S/C17H20N2O2/c1-12(2)19-11-18-9-14(19)10-21-15-7-6-13-4-3-5-17(20)16(13)8-15/h6-9,11-12H,3-5,10H2,1-2H3. The van der Waals surface area contributed by atoms with E-state index in [1.54, 1.807) is 0 Å². The fourth-order valence-corrected chi connectivity index (χ4v) is 2.76. The lowest BCUT2D eigenvalue weighted by Gasteiger charge is -2.16. The summed E-state index contributed by atoms with van der Waals surface area (Å²) in [6.07, 6.45) is 6.24. The molecule has 0 atom stereocenters. The Balaban J connectivity index is 1.75. The molecule has 1 heterocycles. The van der Waals surface area contributed by atoms with E-state index in [9.17, 15) is 4.79 Å². The number of carbonyl (C=O) groups is 1. The average molecular weight is 284 g/mol. The molecule has 0 unspecified atom stereocenters. The molecule has 2 aromatic rings.